The van der Waals surface area contributed by atoms with Crippen LogP contribution in [0.25, 0.3) is 0 Å². The van der Waals surface area contributed by atoms with Crippen molar-refractivity contribution in [3.05, 3.63) is 48.3 Å². The number of hydrogen-bond donors (Lipinski definition) is 0. The molecule has 2 aromatic rings. The molecular formula is C23H34N4. The van der Waals surface area contributed by atoms with Crippen molar-refractivity contribution in [2.45, 2.75) is 84.0 Å². The average Bonchev–Trinajstić information content (AvgIpc) is 3.52. The lowest BCUT2D eigenvalue weighted by Crippen LogP contribution is -2.30. The van der Waals surface area contributed by atoms with Gasteiger partial charge in [0.1, 0.15) is 0 Å². The number of hydrogen-bond acceptors (Lipinski definition) is 4. The Balaban J connectivity index is 1.75. The van der Waals surface area contributed by atoms with Gasteiger partial charge in [-0.15, -0.1) is 0 Å². The third kappa shape index (κ3) is 4.91. The van der Waals surface area contributed by atoms with E-state index < -0.39 is 0 Å². The smallest absolute Gasteiger partial charge is 0.0687 e. The first-order valence-corrected chi connectivity index (χ1v) is 10.3. The summed E-state index contributed by atoms with van der Waals surface area (Å²) in [5, 5.41) is 8.44. The van der Waals surface area contributed by atoms with Crippen LogP contribution >= 0.6 is 0 Å². The molecule has 0 aromatic carbocycles. The molecule has 0 aliphatic heterocycles. The highest BCUT2D eigenvalue weighted by atomic mass is 15.1. The molecule has 0 amide bonds. The molecule has 2 aromatic heterocycles. The fourth-order valence-corrected chi connectivity index (χ4v) is 4.04. The van der Waals surface area contributed by atoms with E-state index in [2.05, 4.69) is 55.9 Å². The SMILES string of the molecule is CC(C)(CCC(C)(CCC(C)(C)C1CC1)c1cnccn1)c1cccnn1. The maximum atomic E-state index is 4.69. The third-order valence-electron chi connectivity index (χ3n) is 6.75. The molecule has 27 heavy (non-hydrogen) atoms. The maximum absolute atomic E-state index is 4.69. The molecule has 0 radical (unpaired) electrons. The predicted octanol–water partition coefficient (Wildman–Crippen LogP) is 5.50. The fraction of sp³-hybridized carbons (Fsp3) is 0.652. The molecule has 2 heterocycles. The van der Waals surface area contributed by atoms with Crippen molar-refractivity contribution >= 4 is 0 Å². The van der Waals surface area contributed by atoms with Gasteiger partial charge in [0.2, 0.25) is 0 Å². The second-order valence-corrected chi connectivity index (χ2v) is 9.91. The summed E-state index contributed by atoms with van der Waals surface area (Å²) in [6.45, 7) is 11.8. The highest BCUT2D eigenvalue weighted by molar-refractivity contribution is 5.16. The first-order valence-electron chi connectivity index (χ1n) is 10.3. The maximum Gasteiger partial charge on any atom is 0.0687 e. The van der Waals surface area contributed by atoms with Crippen molar-refractivity contribution in [2.24, 2.45) is 11.3 Å². The van der Waals surface area contributed by atoms with Crippen LogP contribution in [-0.2, 0) is 10.8 Å². The third-order valence-corrected chi connectivity index (χ3v) is 6.75. The second-order valence-electron chi connectivity index (χ2n) is 9.91. The Hall–Kier alpha value is -1.84. The minimum atomic E-state index is -0.0102. The summed E-state index contributed by atoms with van der Waals surface area (Å²) in [6, 6.07) is 4.06. The quantitative estimate of drug-likeness (QED) is 0.588. The molecule has 1 fully saturated rings. The Morgan fingerprint density at radius 1 is 0.889 bits per heavy atom. The van der Waals surface area contributed by atoms with Gasteiger partial charge in [0.05, 0.1) is 11.4 Å². The van der Waals surface area contributed by atoms with E-state index in [9.17, 15) is 0 Å². The van der Waals surface area contributed by atoms with Gasteiger partial charge in [0, 0.05) is 35.6 Å². The Morgan fingerprint density at radius 2 is 1.63 bits per heavy atom. The predicted molar refractivity (Wildman–Crippen MR) is 109 cm³/mol. The monoisotopic (exact) mass is 366 g/mol. The fourth-order valence-electron chi connectivity index (χ4n) is 4.04. The molecule has 3 rings (SSSR count). The van der Waals surface area contributed by atoms with Gasteiger partial charge >= 0.3 is 0 Å². The Bertz CT molecular complexity index is 723. The van der Waals surface area contributed by atoms with Crippen molar-refractivity contribution < 1.29 is 0 Å². The lowest BCUT2D eigenvalue weighted by atomic mass is 9.69. The Morgan fingerprint density at radius 3 is 2.22 bits per heavy atom. The topological polar surface area (TPSA) is 51.6 Å². The zero-order valence-electron chi connectivity index (χ0n) is 17.6. The molecule has 4 heteroatoms. The first-order chi connectivity index (χ1) is 12.7. The molecule has 1 atom stereocenters. The molecule has 1 saturated carbocycles. The Kier molecular flexibility index (Phi) is 5.64. The van der Waals surface area contributed by atoms with E-state index in [-0.39, 0.29) is 10.8 Å². The highest BCUT2D eigenvalue weighted by Gasteiger charge is 2.40. The normalized spacial score (nSPS) is 17.5. The molecular weight excluding hydrogens is 332 g/mol. The number of rotatable bonds is 9. The second kappa shape index (κ2) is 7.65. The lowest BCUT2D eigenvalue weighted by Gasteiger charge is -2.36. The van der Waals surface area contributed by atoms with Gasteiger partial charge in [-0.05, 0) is 62.0 Å². The lowest BCUT2D eigenvalue weighted by molar-refractivity contribution is 0.225. The molecule has 0 saturated heterocycles. The van der Waals surface area contributed by atoms with Gasteiger partial charge in [0.15, 0.2) is 0 Å². The molecule has 1 aliphatic carbocycles. The van der Waals surface area contributed by atoms with E-state index in [1.54, 1.807) is 12.4 Å². The number of aromatic nitrogens is 4. The van der Waals surface area contributed by atoms with Crippen molar-refractivity contribution in [1.29, 1.82) is 0 Å². The van der Waals surface area contributed by atoms with Crippen molar-refractivity contribution in [1.82, 2.24) is 20.2 Å². The van der Waals surface area contributed by atoms with Crippen LogP contribution in [0.1, 0.15) is 84.5 Å². The molecule has 146 valence electrons. The summed E-state index contributed by atoms with van der Waals surface area (Å²) in [5.74, 6) is 0.902. The molecule has 0 spiro atoms. The van der Waals surface area contributed by atoms with Gasteiger partial charge in [-0.2, -0.15) is 10.2 Å². The Labute approximate surface area is 164 Å². The van der Waals surface area contributed by atoms with Crippen LogP contribution in [0, 0.1) is 11.3 Å². The van der Waals surface area contributed by atoms with Crippen molar-refractivity contribution in [2.75, 3.05) is 0 Å². The summed E-state index contributed by atoms with van der Waals surface area (Å²) in [4.78, 5) is 9.06. The van der Waals surface area contributed by atoms with Crippen LogP contribution in [0.5, 0.6) is 0 Å². The van der Waals surface area contributed by atoms with Gasteiger partial charge in [-0.3, -0.25) is 9.97 Å². The van der Waals surface area contributed by atoms with E-state index in [0.29, 0.717) is 5.41 Å². The minimum Gasteiger partial charge on any atom is -0.261 e. The molecule has 4 nitrogen and oxygen atoms in total. The van der Waals surface area contributed by atoms with Crippen LogP contribution in [0.4, 0.5) is 0 Å². The summed E-state index contributed by atoms with van der Waals surface area (Å²) < 4.78 is 0. The zero-order valence-corrected chi connectivity index (χ0v) is 17.6. The molecule has 0 N–H and O–H groups in total. The van der Waals surface area contributed by atoms with E-state index in [4.69, 9.17) is 4.98 Å². The van der Waals surface area contributed by atoms with E-state index >= 15 is 0 Å². The summed E-state index contributed by atoms with van der Waals surface area (Å²) in [7, 11) is 0. The first kappa shape index (κ1) is 19.9. The average molecular weight is 367 g/mol. The van der Waals surface area contributed by atoms with Gasteiger partial charge < -0.3 is 0 Å². The van der Waals surface area contributed by atoms with Crippen LogP contribution in [0.15, 0.2) is 36.9 Å². The minimum absolute atomic E-state index is 0.0102. The van der Waals surface area contributed by atoms with Crippen molar-refractivity contribution in [3.63, 3.8) is 0 Å². The van der Waals surface area contributed by atoms with Crippen LogP contribution < -0.4 is 0 Å². The van der Waals surface area contributed by atoms with Crippen molar-refractivity contribution in [3.8, 4) is 0 Å². The van der Waals surface area contributed by atoms with Crippen LogP contribution in [-0.4, -0.2) is 20.2 Å². The van der Waals surface area contributed by atoms with E-state index in [1.165, 1.54) is 19.3 Å². The van der Waals surface area contributed by atoms with Crippen LogP contribution in [0.2, 0.25) is 0 Å². The van der Waals surface area contributed by atoms with E-state index in [0.717, 1.165) is 36.6 Å². The van der Waals surface area contributed by atoms with Gasteiger partial charge in [-0.1, -0.05) is 34.6 Å². The summed E-state index contributed by atoms with van der Waals surface area (Å²) in [6.07, 6.45) is 14.6. The van der Waals surface area contributed by atoms with Crippen LogP contribution in [0.3, 0.4) is 0 Å². The number of nitrogens with zero attached hydrogens (tertiary/aromatic N) is 4. The zero-order chi connectivity index (χ0) is 19.5. The standard InChI is InChI=1S/C23H34N4/c1-21(2,18-8-9-18)10-12-23(5,20-17-24-15-16-25-20)13-11-22(3,4)19-7-6-14-26-27-19/h6-7,14-18H,8-13H2,1-5H3. The highest BCUT2D eigenvalue weighted by Crippen LogP contribution is 2.50. The summed E-state index contributed by atoms with van der Waals surface area (Å²) >= 11 is 0. The van der Waals surface area contributed by atoms with E-state index in [1.807, 2.05) is 18.5 Å². The molecule has 0 bridgehead atoms. The summed E-state index contributed by atoms with van der Waals surface area (Å²) in [5.41, 5.74) is 2.62. The molecule has 1 aliphatic rings. The molecule has 1 unspecified atom stereocenters. The largest absolute Gasteiger partial charge is 0.261 e. The van der Waals surface area contributed by atoms with Gasteiger partial charge in [-0.25, -0.2) is 0 Å². The van der Waals surface area contributed by atoms with Gasteiger partial charge in [0.25, 0.3) is 0 Å².